The number of sulfone groups is 1. The number of aromatic hydroxyl groups is 2. The quantitative estimate of drug-likeness (QED) is 0.196. The van der Waals surface area contributed by atoms with Gasteiger partial charge in [-0.05, 0) is 25.1 Å². The third-order valence-electron chi connectivity index (χ3n) is 5.47. The van der Waals surface area contributed by atoms with Crippen molar-refractivity contribution in [3.8, 4) is 22.8 Å². The predicted molar refractivity (Wildman–Crippen MR) is 105 cm³/mol. The minimum absolute atomic E-state index is 0.161. The van der Waals surface area contributed by atoms with Crippen LogP contribution in [0, 0.1) is 0 Å². The van der Waals surface area contributed by atoms with Crippen LogP contribution in [0.25, 0.3) is 11.3 Å². The van der Waals surface area contributed by atoms with E-state index in [1.54, 1.807) is 0 Å². The number of amides is 2. The Bertz CT molecular complexity index is 1290. The van der Waals surface area contributed by atoms with Crippen LogP contribution in [-0.2, 0) is 19.4 Å². The number of aromatic nitrogens is 1. The van der Waals surface area contributed by atoms with E-state index in [-0.39, 0.29) is 23.6 Å². The Kier molecular flexibility index (Phi) is 4.69. The number of phenolic OH excluding ortho intramolecular Hbond substituents is 2. The molecular weight excluding hydrogens is 448 g/mol. The van der Waals surface area contributed by atoms with E-state index in [1.807, 2.05) is 5.43 Å². The third-order valence-corrected chi connectivity index (χ3v) is 8.13. The molecule has 2 saturated heterocycles. The monoisotopic (exact) mass is 464 g/mol. The zero-order chi connectivity index (χ0) is 23.4. The van der Waals surface area contributed by atoms with Gasteiger partial charge in [-0.2, -0.15) is 5.10 Å². The van der Waals surface area contributed by atoms with Crippen LogP contribution < -0.4 is 5.43 Å². The minimum Gasteiger partial charge on any atom is -0.504 e. The zero-order valence-electron chi connectivity index (χ0n) is 16.3. The van der Waals surface area contributed by atoms with Crippen molar-refractivity contribution in [2.24, 2.45) is 5.10 Å². The van der Waals surface area contributed by atoms with E-state index in [1.165, 1.54) is 24.3 Å². The van der Waals surface area contributed by atoms with Crippen molar-refractivity contribution < 1.29 is 42.6 Å². The lowest BCUT2D eigenvalue weighted by atomic mass is 9.97. The maximum absolute atomic E-state index is 12.8. The zero-order valence-corrected chi connectivity index (χ0v) is 17.1. The average molecular weight is 464 g/mol. The summed E-state index contributed by atoms with van der Waals surface area (Å²) in [7, 11) is -4.11. The number of fused-ring (bicyclic) bond motifs is 1. The Morgan fingerprint density at radius 3 is 2.66 bits per heavy atom. The van der Waals surface area contributed by atoms with Crippen molar-refractivity contribution in [3.05, 3.63) is 30.0 Å². The molecule has 32 heavy (non-hydrogen) atoms. The summed E-state index contributed by atoms with van der Waals surface area (Å²) < 4.78 is 28.4. The van der Waals surface area contributed by atoms with E-state index in [9.17, 15) is 38.1 Å². The largest absolute Gasteiger partial charge is 0.504 e. The highest BCUT2D eigenvalue weighted by Gasteiger charge is 2.69. The van der Waals surface area contributed by atoms with Gasteiger partial charge in [-0.1, -0.05) is 5.16 Å². The minimum atomic E-state index is -4.11. The Balaban J connectivity index is 1.53. The highest BCUT2D eigenvalue weighted by molar-refractivity contribution is 7.94. The third kappa shape index (κ3) is 2.98. The summed E-state index contributed by atoms with van der Waals surface area (Å²) in [6, 6.07) is 3.39. The molecule has 168 valence electrons. The molecule has 0 radical (unpaired) electrons. The lowest BCUT2D eigenvalue weighted by molar-refractivity contribution is -0.156. The normalized spacial score (nSPS) is 26.0. The molecule has 1 aromatic carbocycles. The number of hydrogen-bond acceptors (Lipinski definition) is 10. The molecule has 14 heteroatoms. The van der Waals surface area contributed by atoms with E-state index in [0.29, 0.717) is 5.56 Å². The lowest BCUT2D eigenvalue weighted by Gasteiger charge is -2.35. The van der Waals surface area contributed by atoms with Gasteiger partial charge in [-0.15, -0.1) is 0 Å². The van der Waals surface area contributed by atoms with Gasteiger partial charge in [-0.3, -0.25) is 9.59 Å². The van der Waals surface area contributed by atoms with Gasteiger partial charge in [0.2, 0.25) is 11.7 Å². The van der Waals surface area contributed by atoms with Gasteiger partial charge in [0.25, 0.3) is 0 Å². The second kappa shape index (κ2) is 7.05. The highest BCUT2D eigenvalue weighted by Crippen LogP contribution is 2.45. The molecule has 0 bridgehead atoms. The van der Waals surface area contributed by atoms with Crippen LogP contribution in [0.15, 0.2) is 33.9 Å². The summed E-state index contributed by atoms with van der Waals surface area (Å²) in [4.78, 5) is 36.5. The predicted octanol–water partition coefficient (Wildman–Crippen LogP) is -0.333. The first kappa shape index (κ1) is 21.3. The van der Waals surface area contributed by atoms with Crippen molar-refractivity contribution in [1.29, 1.82) is 0 Å². The van der Waals surface area contributed by atoms with Crippen molar-refractivity contribution in [1.82, 2.24) is 15.5 Å². The molecule has 0 spiro atoms. The van der Waals surface area contributed by atoms with Gasteiger partial charge in [-0.25, -0.2) is 18.6 Å². The molecule has 2 aromatic rings. The van der Waals surface area contributed by atoms with Gasteiger partial charge in [0.1, 0.15) is 15.8 Å². The fraction of sp³-hybridized carbons (Fsp3) is 0.278. The molecule has 1 aromatic heterocycles. The number of carboxylic acids is 1. The first-order valence-electron chi connectivity index (χ1n) is 9.08. The highest BCUT2D eigenvalue weighted by atomic mass is 32.2. The molecular formula is C18H16N4O9S. The number of aliphatic carboxylic acids is 1. The Labute approximate surface area is 179 Å². The van der Waals surface area contributed by atoms with Crippen LogP contribution in [0.4, 0.5) is 0 Å². The fourth-order valence-electron chi connectivity index (χ4n) is 3.68. The molecule has 2 aliphatic rings. The number of hydrogen-bond donors (Lipinski definition) is 4. The second-order valence-electron chi connectivity index (χ2n) is 7.41. The Hall–Kier alpha value is -3.94. The van der Waals surface area contributed by atoms with E-state index >= 15 is 0 Å². The smallest absolute Gasteiger partial charge is 0.328 e. The molecule has 2 aliphatic heterocycles. The number of carbonyl (C=O) groups excluding carboxylic acids is 2. The average Bonchev–Trinajstić information content (AvgIpc) is 3.25. The summed E-state index contributed by atoms with van der Waals surface area (Å²) in [5.74, 6) is -4.07. The standard InChI is InChI=1S/C18H16N4O9S/c1-18(15(17(27)28)22-13(25)6-14(22)32(18,29)30)7-19-20-16(26)12-5-9(21-31-12)8-2-3-10(23)11(24)4-8/h2-5,7,14-15,23-24H,6H2,1H3,(H,20,26)(H,27,28)/b19-7+/t14-,15+,18+/m1/s1. The number of β-lactam (4-membered cyclic amide) rings is 1. The van der Waals surface area contributed by atoms with Crippen LogP contribution in [0.3, 0.4) is 0 Å². The first-order valence-corrected chi connectivity index (χ1v) is 10.6. The maximum Gasteiger partial charge on any atom is 0.328 e. The van der Waals surface area contributed by atoms with Crippen LogP contribution in [0.1, 0.15) is 23.9 Å². The van der Waals surface area contributed by atoms with Crippen LogP contribution >= 0.6 is 0 Å². The molecule has 13 nitrogen and oxygen atoms in total. The van der Waals surface area contributed by atoms with Gasteiger partial charge in [0.15, 0.2) is 27.4 Å². The second-order valence-corrected chi connectivity index (χ2v) is 9.92. The van der Waals surface area contributed by atoms with Crippen molar-refractivity contribution in [3.63, 3.8) is 0 Å². The molecule has 4 rings (SSSR count). The first-order chi connectivity index (χ1) is 15.0. The molecule has 3 heterocycles. The molecule has 0 unspecified atom stereocenters. The number of rotatable bonds is 5. The fourth-order valence-corrected chi connectivity index (χ4v) is 5.89. The van der Waals surface area contributed by atoms with E-state index in [4.69, 9.17) is 4.52 Å². The van der Waals surface area contributed by atoms with Gasteiger partial charge in [0, 0.05) is 17.8 Å². The van der Waals surface area contributed by atoms with Gasteiger partial charge >= 0.3 is 11.9 Å². The van der Waals surface area contributed by atoms with Gasteiger partial charge in [0.05, 0.1) is 6.42 Å². The topological polar surface area (TPSA) is 200 Å². The Morgan fingerprint density at radius 1 is 1.31 bits per heavy atom. The Morgan fingerprint density at radius 2 is 2.03 bits per heavy atom. The molecule has 3 atom stereocenters. The van der Waals surface area contributed by atoms with Crippen LogP contribution in [0.2, 0.25) is 0 Å². The van der Waals surface area contributed by atoms with E-state index < -0.39 is 49.5 Å². The summed E-state index contributed by atoms with van der Waals surface area (Å²) in [6.45, 7) is 1.12. The van der Waals surface area contributed by atoms with Crippen LogP contribution in [0.5, 0.6) is 11.5 Å². The summed E-state index contributed by atoms with van der Waals surface area (Å²) in [5.41, 5.74) is 2.54. The summed E-state index contributed by atoms with van der Waals surface area (Å²) >= 11 is 0. The van der Waals surface area contributed by atoms with Crippen molar-refractivity contribution in [2.45, 2.75) is 29.5 Å². The molecule has 0 aliphatic carbocycles. The number of nitrogens with one attached hydrogen (secondary N) is 1. The number of phenols is 2. The number of hydrazone groups is 1. The molecule has 4 N–H and O–H groups in total. The molecule has 2 amide bonds. The van der Waals surface area contributed by atoms with E-state index in [2.05, 4.69) is 10.3 Å². The van der Waals surface area contributed by atoms with Crippen LogP contribution in [-0.4, -0.2) is 74.0 Å². The van der Waals surface area contributed by atoms with Crippen molar-refractivity contribution in [2.75, 3.05) is 0 Å². The number of carbonyl (C=O) groups is 3. The number of nitrogens with zero attached hydrogens (tertiary/aromatic N) is 3. The van der Waals surface area contributed by atoms with Gasteiger partial charge < -0.3 is 24.7 Å². The summed E-state index contributed by atoms with van der Waals surface area (Å²) in [6.07, 6.45) is 0.468. The SMILES string of the molecule is C[C@]1(/C=N/NC(=O)c2cc(-c3ccc(O)c(O)c3)no2)[C@H](C(=O)O)N2C(=O)C[C@H]2S1(=O)=O. The number of benzene rings is 1. The number of carboxylic acid groups (broad SMARTS) is 1. The molecule has 2 fully saturated rings. The van der Waals surface area contributed by atoms with Crippen molar-refractivity contribution >= 4 is 33.8 Å². The maximum atomic E-state index is 12.8. The molecule has 0 saturated carbocycles. The summed E-state index contributed by atoms with van der Waals surface area (Å²) in [5, 5.41) is 34.4. The lowest BCUT2D eigenvalue weighted by Crippen LogP contribution is -2.57. The van der Waals surface area contributed by atoms with E-state index in [0.717, 1.165) is 18.0 Å².